The van der Waals surface area contributed by atoms with Crippen LogP contribution < -0.4 is 5.32 Å². The van der Waals surface area contributed by atoms with Gasteiger partial charge < -0.3 is 65.1 Å². The van der Waals surface area contributed by atoms with Gasteiger partial charge in [-0.3, -0.25) is 4.79 Å². The maximum absolute atomic E-state index is 13.3. The average molecular weight is 1280 g/mol. The highest BCUT2D eigenvalue weighted by atomic mass is 16.7. The van der Waals surface area contributed by atoms with E-state index in [0.29, 0.717) is 6.42 Å². The van der Waals surface area contributed by atoms with Crippen molar-refractivity contribution < 1.29 is 64.6 Å². The minimum atomic E-state index is -1.79. The van der Waals surface area contributed by atoms with Crippen molar-refractivity contribution in [1.29, 1.82) is 0 Å². The summed E-state index contributed by atoms with van der Waals surface area (Å²) in [5.74, 6) is -0.232. The maximum Gasteiger partial charge on any atom is 0.220 e. The Morgan fingerprint density at radius 1 is 0.389 bits per heavy atom. The van der Waals surface area contributed by atoms with E-state index in [9.17, 15) is 45.6 Å². The van der Waals surface area contributed by atoms with Crippen LogP contribution in [0.15, 0.2) is 24.3 Å². The summed E-state index contributed by atoms with van der Waals surface area (Å²) in [7, 11) is 0. The lowest BCUT2D eigenvalue weighted by Gasteiger charge is -2.46. The van der Waals surface area contributed by atoms with Crippen molar-refractivity contribution in [1.82, 2.24) is 5.32 Å². The third-order valence-corrected chi connectivity index (χ3v) is 19.1. The molecule has 0 aliphatic carbocycles. The smallest absolute Gasteiger partial charge is 0.220 e. The summed E-state index contributed by atoms with van der Waals surface area (Å²) in [5.41, 5.74) is 0. The highest BCUT2D eigenvalue weighted by Gasteiger charge is 2.51. The molecule has 9 N–H and O–H groups in total. The zero-order valence-corrected chi connectivity index (χ0v) is 58.2. The van der Waals surface area contributed by atoms with Gasteiger partial charge in [-0.05, 0) is 44.9 Å². The first-order chi connectivity index (χ1) is 44.1. The summed E-state index contributed by atoms with van der Waals surface area (Å²) < 4.78 is 22.9. The molecule has 2 rings (SSSR count). The summed E-state index contributed by atoms with van der Waals surface area (Å²) in [6.45, 7) is 2.84. The minimum absolute atomic E-state index is 0.232. The van der Waals surface area contributed by atoms with Crippen LogP contribution in [0.25, 0.3) is 0 Å². The largest absolute Gasteiger partial charge is 0.394 e. The van der Waals surface area contributed by atoms with Gasteiger partial charge in [-0.1, -0.05) is 334 Å². The third-order valence-electron chi connectivity index (χ3n) is 19.1. The van der Waals surface area contributed by atoms with Crippen LogP contribution in [0, 0.1) is 0 Å². The van der Waals surface area contributed by atoms with Gasteiger partial charge in [0.15, 0.2) is 12.6 Å². The van der Waals surface area contributed by atoms with Crippen molar-refractivity contribution in [3.63, 3.8) is 0 Å². The molecule has 2 aliphatic heterocycles. The molecule has 0 spiro atoms. The quantitative estimate of drug-likeness (QED) is 0.0204. The van der Waals surface area contributed by atoms with Gasteiger partial charge >= 0.3 is 0 Å². The van der Waals surface area contributed by atoms with E-state index < -0.39 is 86.8 Å². The monoisotopic (exact) mass is 1280 g/mol. The van der Waals surface area contributed by atoms with E-state index in [1.54, 1.807) is 6.08 Å². The fourth-order valence-electron chi connectivity index (χ4n) is 13.0. The molecule has 0 saturated carbocycles. The molecule has 2 aliphatic rings. The Morgan fingerprint density at radius 3 is 1.06 bits per heavy atom. The molecular weight excluding hydrogens is 1130 g/mol. The predicted octanol–water partition coefficient (Wildman–Crippen LogP) is 16.7. The average Bonchev–Trinajstić information content (AvgIpc) is 1.58. The zero-order chi connectivity index (χ0) is 65.2. The number of aliphatic hydroxyl groups is 8. The topological polar surface area (TPSA) is 228 Å². The minimum Gasteiger partial charge on any atom is -0.394 e. The number of hydrogen-bond acceptors (Lipinski definition) is 13. The van der Waals surface area contributed by atoms with Crippen LogP contribution in [0.1, 0.15) is 361 Å². The third kappa shape index (κ3) is 44.3. The maximum atomic E-state index is 13.3. The van der Waals surface area contributed by atoms with Crippen LogP contribution in [0.5, 0.6) is 0 Å². The number of carbonyl (C=O) groups is 1. The molecule has 12 atom stereocenters. The number of aliphatic hydroxyl groups excluding tert-OH is 8. The van der Waals surface area contributed by atoms with E-state index in [1.807, 2.05) is 6.08 Å². The van der Waals surface area contributed by atoms with Crippen LogP contribution in [-0.4, -0.2) is 140 Å². The molecule has 0 aromatic carbocycles. The lowest BCUT2D eigenvalue weighted by Crippen LogP contribution is -2.65. The van der Waals surface area contributed by atoms with Gasteiger partial charge in [0.25, 0.3) is 0 Å². The number of amides is 1. The van der Waals surface area contributed by atoms with E-state index >= 15 is 0 Å². The molecule has 0 aromatic rings. The van der Waals surface area contributed by atoms with Crippen LogP contribution >= 0.6 is 0 Å². The summed E-state index contributed by atoms with van der Waals surface area (Å²) >= 11 is 0. The lowest BCUT2D eigenvalue weighted by atomic mass is 9.97. The molecule has 532 valence electrons. The molecule has 12 unspecified atom stereocenters. The second-order valence-electron chi connectivity index (χ2n) is 27.5. The second-order valence-corrected chi connectivity index (χ2v) is 27.5. The molecule has 0 bridgehead atoms. The first kappa shape index (κ1) is 84.6. The van der Waals surface area contributed by atoms with Gasteiger partial charge in [-0.25, -0.2) is 0 Å². The molecule has 0 aromatic heterocycles. The number of ether oxygens (including phenoxy) is 4. The lowest BCUT2D eigenvalue weighted by molar-refractivity contribution is -0.359. The normalized spacial score (nSPS) is 23.0. The van der Waals surface area contributed by atoms with Gasteiger partial charge in [-0.2, -0.15) is 0 Å². The number of nitrogens with one attached hydrogen (secondary N) is 1. The van der Waals surface area contributed by atoms with E-state index in [2.05, 4.69) is 31.3 Å². The molecule has 1 amide bonds. The van der Waals surface area contributed by atoms with Gasteiger partial charge in [-0.15, -0.1) is 0 Å². The Bertz CT molecular complexity index is 1600. The van der Waals surface area contributed by atoms with Crippen molar-refractivity contribution in [2.45, 2.75) is 434 Å². The molecule has 90 heavy (non-hydrogen) atoms. The van der Waals surface area contributed by atoms with E-state index in [0.717, 1.165) is 38.5 Å². The molecule has 2 fully saturated rings. The van der Waals surface area contributed by atoms with Crippen LogP contribution in [-0.2, 0) is 23.7 Å². The highest BCUT2D eigenvalue weighted by molar-refractivity contribution is 5.76. The molecule has 2 saturated heterocycles. The van der Waals surface area contributed by atoms with Crippen molar-refractivity contribution in [3.05, 3.63) is 24.3 Å². The fraction of sp³-hybridized carbons (Fsp3) is 0.934. The number of unbranched alkanes of at least 4 members (excludes halogenated alkanes) is 50. The molecule has 0 radical (unpaired) electrons. The Labute approximate surface area is 551 Å². The number of rotatable bonds is 65. The van der Waals surface area contributed by atoms with Crippen molar-refractivity contribution in [2.75, 3.05) is 19.8 Å². The Morgan fingerprint density at radius 2 is 0.700 bits per heavy atom. The van der Waals surface area contributed by atoms with E-state index in [-0.39, 0.29) is 18.9 Å². The standard InChI is InChI=1S/C76H145NO13/c1-3-5-7-9-11-13-15-17-19-20-21-22-23-24-25-26-27-28-29-30-31-32-33-34-35-36-37-38-39-40-41-42-43-44-46-48-50-52-54-56-58-60-68(81)77-64(65(80)59-57-55-53-51-49-47-45-18-16-14-12-10-8-6-4-2)63-87-75-73(86)71(84)74(67(62-79)89-75)90-76-72(85)70(83)69(82)66(61-78)88-76/h20-21,57,59,64-67,69-76,78-80,82-86H,3-19,22-56,58,60-63H2,1-2H3,(H,77,81)/b21-20-,59-57+. The number of carbonyl (C=O) groups excluding carboxylic acids is 1. The second kappa shape index (κ2) is 61.1. The van der Waals surface area contributed by atoms with Crippen molar-refractivity contribution in [2.24, 2.45) is 0 Å². The van der Waals surface area contributed by atoms with Crippen LogP contribution in [0.2, 0.25) is 0 Å². The summed E-state index contributed by atoms with van der Waals surface area (Å²) in [6, 6.07) is -0.911. The number of hydrogen-bond donors (Lipinski definition) is 9. The zero-order valence-electron chi connectivity index (χ0n) is 58.2. The molecular formula is C76H145NO13. The van der Waals surface area contributed by atoms with Gasteiger partial charge in [0, 0.05) is 6.42 Å². The fourth-order valence-corrected chi connectivity index (χ4v) is 13.0. The predicted molar refractivity (Wildman–Crippen MR) is 369 cm³/mol. The Balaban J connectivity index is 1.52. The summed E-state index contributed by atoms with van der Waals surface area (Å²) in [4.78, 5) is 13.3. The Hall–Kier alpha value is -1.53. The molecule has 14 nitrogen and oxygen atoms in total. The molecule has 2 heterocycles. The van der Waals surface area contributed by atoms with E-state index in [1.165, 1.54) is 295 Å². The first-order valence-corrected chi connectivity index (χ1v) is 38.6. The molecule has 14 heteroatoms. The van der Waals surface area contributed by atoms with Crippen LogP contribution in [0.3, 0.4) is 0 Å². The van der Waals surface area contributed by atoms with Crippen LogP contribution in [0.4, 0.5) is 0 Å². The van der Waals surface area contributed by atoms with Gasteiger partial charge in [0.05, 0.1) is 32.0 Å². The van der Waals surface area contributed by atoms with Crippen molar-refractivity contribution in [3.8, 4) is 0 Å². The summed E-state index contributed by atoms with van der Waals surface area (Å²) in [6.07, 6.45) is 61.4. The number of allylic oxidation sites excluding steroid dienone is 3. The van der Waals surface area contributed by atoms with Gasteiger partial charge in [0.2, 0.25) is 5.91 Å². The van der Waals surface area contributed by atoms with Gasteiger partial charge in [0.1, 0.15) is 48.8 Å². The summed E-state index contributed by atoms with van der Waals surface area (Å²) in [5, 5.41) is 87.4. The first-order valence-electron chi connectivity index (χ1n) is 38.6. The Kier molecular flexibility index (Phi) is 57.4. The van der Waals surface area contributed by atoms with Crippen molar-refractivity contribution >= 4 is 5.91 Å². The highest BCUT2D eigenvalue weighted by Crippen LogP contribution is 2.30. The SMILES string of the molecule is CCCCCCCCCC/C=C\CCCCCCCCCCCCCCCCCCCCCCCCCCCCCCCC(=O)NC(COC1OC(CO)C(OC2OC(CO)C(O)C(O)C2O)C(O)C1O)C(O)/C=C/CCCCCCCCCCCCCCC. The van der Waals surface area contributed by atoms with E-state index in [4.69, 9.17) is 18.9 Å².